The van der Waals surface area contributed by atoms with Crippen LogP contribution in [-0.2, 0) is 4.74 Å². The van der Waals surface area contributed by atoms with E-state index in [-0.39, 0.29) is 23.6 Å². The number of ether oxygens (including phenoxy) is 2. The highest BCUT2D eigenvalue weighted by Gasteiger charge is 2.45. The van der Waals surface area contributed by atoms with E-state index in [4.69, 9.17) is 9.47 Å². The first-order valence-corrected chi connectivity index (χ1v) is 11.8. The summed E-state index contributed by atoms with van der Waals surface area (Å²) < 4.78 is 39.8. The van der Waals surface area contributed by atoms with Crippen LogP contribution in [0.2, 0.25) is 0 Å². The van der Waals surface area contributed by atoms with Gasteiger partial charge in [0.05, 0.1) is 24.4 Å². The molecule has 5 rings (SSSR count). The average Bonchev–Trinajstić information content (AvgIpc) is 3.36. The maximum atomic E-state index is 14.2. The van der Waals surface area contributed by atoms with E-state index in [1.165, 1.54) is 29.5 Å². The molecule has 0 aliphatic carbocycles. The lowest BCUT2D eigenvalue weighted by atomic mass is 9.89. The smallest absolute Gasteiger partial charge is 0.265 e. The number of amides is 1. The number of piperidine rings is 1. The van der Waals surface area contributed by atoms with E-state index < -0.39 is 5.60 Å². The number of hydrogen-bond acceptors (Lipinski definition) is 5. The van der Waals surface area contributed by atoms with E-state index in [9.17, 15) is 13.6 Å². The molecule has 2 atom stereocenters. The number of thiazole rings is 1. The average molecular weight is 471 g/mol. The molecular formula is C25H24F2N2O3S. The Labute approximate surface area is 195 Å². The number of aryl methyl sites for hydroxylation is 1. The lowest BCUT2D eigenvalue weighted by Crippen LogP contribution is -2.50. The molecule has 0 N–H and O–H groups in total. The monoisotopic (exact) mass is 470 g/mol. The summed E-state index contributed by atoms with van der Waals surface area (Å²) in [5.41, 5.74) is 0.526. The number of benzene rings is 2. The Balaban J connectivity index is 1.29. The predicted molar refractivity (Wildman–Crippen MR) is 121 cm³/mol. The van der Waals surface area contributed by atoms with Gasteiger partial charge >= 0.3 is 0 Å². The van der Waals surface area contributed by atoms with Crippen molar-refractivity contribution in [1.29, 1.82) is 0 Å². The van der Waals surface area contributed by atoms with Crippen molar-refractivity contribution in [3.63, 3.8) is 0 Å². The third kappa shape index (κ3) is 4.50. The summed E-state index contributed by atoms with van der Waals surface area (Å²) in [4.78, 5) is 20.2. The van der Waals surface area contributed by atoms with Gasteiger partial charge in [-0.1, -0.05) is 18.2 Å². The zero-order valence-corrected chi connectivity index (χ0v) is 19.0. The summed E-state index contributed by atoms with van der Waals surface area (Å²) in [6.07, 6.45) is 2.09. The first-order chi connectivity index (χ1) is 15.9. The van der Waals surface area contributed by atoms with Crippen molar-refractivity contribution < 1.29 is 23.0 Å². The Morgan fingerprint density at radius 3 is 2.91 bits per heavy atom. The van der Waals surface area contributed by atoms with Crippen LogP contribution < -0.4 is 4.74 Å². The van der Waals surface area contributed by atoms with E-state index in [1.807, 2.05) is 0 Å². The van der Waals surface area contributed by atoms with Crippen LogP contribution in [0.4, 0.5) is 8.78 Å². The Bertz CT molecular complexity index is 1180. The van der Waals surface area contributed by atoms with Crippen LogP contribution in [0.25, 0.3) is 10.6 Å². The molecule has 2 aliphatic heterocycles. The lowest BCUT2D eigenvalue weighted by molar-refractivity contribution is -0.0452. The molecule has 0 radical (unpaired) electrons. The van der Waals surface area contributed by atoms with E-state index in [0.717, 1.165) is 12.8 Å². The van der Waals surface area contributed by atoms with Crippen LogP contribution in [0.5, 0.6) is 5.75 Å². The maximum Gasteiger partial charge on any atom is 0.265 e. The van der Waals surface area contributed by atoms with E-state index in [2.05, 4.69) is 4.98 Å². The second kappa shape index (κ2) is 8.83. The SMILES string of the molecule is Cc1nc(-c2ccccc2F)sc1C(=O)N1CCC[C@@]2(C[C@@H](Oc3cccc(F)c3)CO2)C1. The second-order valence-corrected chi connectivity index (χ2v) is 9.64. The van der Waals surface area contributed by atoms with Crippen LogP contribution >= 0.6 is 11.3 Å². The summed E-state index contributed by atoms with van der Waals surface area (Å²) in [5.74, 6) is -0.328. The number of aromatic nitrogens is 1. The van der Waals surface area contributed by atoms with Crippen molar-refractivity contribution in [3.05, 3.63) is 70.7 Å². The summed E-state index contributed by atoms with van der Waals surface area (Å²) in [6, 6.07) is 12.5. The molecule has 8 heteroatoms. The fourth-order valence-corrected chi connectivity index (χ4v) is 5.72. The predicted octanol–water partition coefficient (Wildman–Crippen LogP) is 5.24. The zero-order chi connectivity index (χ0) is 23.0. The van der Waals surface area contributed by atoms with Crippen LogP contribution in [-0.4, -0.2) is 47.2 Å². The molecule has 2 saturated heterocycles. The van der Waals surface area contributed by atoms with Crippen molar-refractivity contribution in [2.24, 2.45) is 0 Å². The highest BCUT2D eigenvalue weighted by molar-refractivity contribution is 7.17. The summed E-state index contributed by atoms with van der Waals surface area (Å²) >= 11 is 1.22. The number of rotatable bonds is 4. The topological polar surface area (TPSA) is 51.7 Å². The maximum absolute atomic E-state index is 14.2. The van der Waals surface area contributed by atoms with Crippen LogP contribution in [0.3, 0.4) is 0 Å². The molecule has 1 amide bonds. The standard InChI is InChI=1S/C25H24F2N2O3S/c1-16-22(33-23(28-16)20-8-2-3-9-21(20)27)24(30)29-11-5-10-25(15-29)13-19(14-31-25)32-18-7-4-6-17(26)12-18/h2-4,6-9,12,19H,5,10-11,13-15H2,1H3/t19-,25-/m1/s1. The fourth-order valence-electron chi connectivity index (χ4n) is 4.66. The minimum absolute atomic E-state index is 0.107. The first kappa shape index (κ1) is 22.0. The van der Waals surface area contributed by atoms with Crippen molar-refractivity contribution in [3.8, 4) is 16.3 Å². The molecule has 3 aromatic rings. The van der Waals surface area contributed by atoms with Crippen LogP contribution in [0.15, 0.2) is 48.5 Å². The summed E-state index contributed by atoms with van der Waals surface area (Å²) in [7, 11) is 0. The Hall–Kier alpha value is -2.84. The van der Waals surface area contributed by atoms with Gasteiger partial charge in [0.25, 0.3) is 5.91 Å². The minimum atomic E-state index is -0.473. The third-order valence-corrected chi connectivity index (χ3v) is 7.37. The van der Waals surface area contributed by atoms with Crippen molar-refractivity contribution in [1.82, 2.24) is 9.88 Å². The van der Waals surface area contributed by atoms with E-state index >= 15 is 0 Å². The molecule has 2 fully saturated rings. The molecule has 0 saturated carbocycles. The molecule has 3 heterocycles. The van der Waals surface area contributed by atoms with Crippen LogP contribution in [0, 0.1) is 18.6 Å². The molecule has 0 bridgehead atoms. The van der Waals surface area contributed by atoms with Gasteiger partial charge in [0.15, 0.2) is 0 Å². The number of carbonyl (C=O) groups is 1. The quantitative estimate of drug-likeness (QED) is 0.523. The van der Waals surface area contributed by atoms with Gasteiger partial charge in [0.2, 0.25) is 0 Å². The molecule has 2 aliphatic rings. The van der Waals surface area contributed by atoms with Crippen LogP contribution in [0.1, 0.15) is 34.6 Å². The van der Waals surface area contributed by atoms with E-state index in [0.29, 0.717) is 53.0 Å². The van der Waals surface area contributed by atoms with Gasteiger partial charge in [0.1, 0.15) is 33.4 Å². The minimum Gasteiger partial charge on any atom is -0.488 e. The highest BCUT2D eigenvalue weighted by atomic mass is 32.1. The zero-order valence-electron chi connectivity index (χ0n) is 18.2. The molecule has 1 aromatic heterocycles. The van der Waals surface area contributed by atoms with Gasteiger partial charge < -0.3 is 14.4 Å². The van der Waals surface area contributed by atoms with Gasteiger partial charge in [-0.2, -0.15) is 0 Å². The normalized spacial score (nSPS) is 22.6. The highest BCUT2D eigenvalue weighted by Crippen LogP contribution is 2.38. The molecule has 2 aromatic carbocycles. The number of halogens is 2. The van der Waals surface area contributed by atoms with Gasteiger partial charge in [-0.3, -0.25) is 4.79 Å². The molecule has 1 spiro atoms. The van der Waals surface area contributed by atoms with Gasteiger partial charge in [-0.25, -0.2) is 13.8 Å². The van der Waals surface area contributed by atoms with Crippen molar-refractivity contribution >= 4 is 17.2 Å². The van der Waals surface area contributed by atoms with Crippen molar-refractivity contribution in [2.45, 2.75) is 37.9 Å². The second-order valence-electron chi connectivity index (χ2n) is 8.64. The van der Waals surface area contributed by atoms with E-state index in [1.54, 1.807) is 42.2 Å². The largest absolute Gasteiger partial charge is 0.488 e. The van der Waals surface area contributed by atoms with Gasteiger partial charge in [-0.15, -0.1) is 11.3 Å². The number of hydrogen-bond donors (Lipinski definition) is 0. The van der Waals surface area contributed by atoms with Gasteiger partial charge in [0, 0.05) is 24.6 Å². The molecular weight excluding hydrogens is 446 g/mol. The number of likely N-dealkylation sites (tertiary alicyclic amines) is 1. The first-order valence-electron chi connectivity index (χ1n) is 11.0. The molecule has 5 nitrogen and oxygen atoms in total. The molecule has 0 unspecified atom stereocenters. The third-order valence-electron chi connectivity index (χ3n) is 6.20. The Morgan fingerprint density at radius 2 is 2.09 bits per heavy atom. The number of nitrogens with zero attached hydrogens (tertiary/aromatic N) is 2. The Kier molecular flexibility index (Phi) is 5.88. The molecule has 33 heavy (non-hydrogen) atoms. The summed E-state index contributed by atoms with van der Waals surface area (Å²) in [6.45, 7) is 3.27. The molecule has 172 valence electrons. The fraction of sp³-hybridized carbons (Fsp3) is 0.360. The van der Waals surface area contributed by atoms with Gasteiger partial charge in [-0.05, 0) is 44.0 Å². The Morgan fingerprint density at radius 1 is 1.24 bits per heavy atom. The number of carbonyl (C=O) groups excluding carboxylic acids is 1. The lowest BCUT2D eigenvalue weighted by Gasteiger charge is -2.39. The summed E-state index contributed by atoms with van der Waals surface area (Å²) in [5, 5.41) is 0.501. The van der Waals surface area contributed by atoms with Crippen molar-refractivity contribution in [2.75, 3.05) is 19.7 Å².